The van der Waals surface area contributed by atoms with Gasteiger partial charge in [0.2, 0.25) is 5.89 Å². The molecule has 1 aromatic heterocycles. The van der Waals surface area contributed by atoms with Crippen LogP contribution >= 0.6 is 0 Å². The molecule has 152 valence electrons. The predicted octanol–water partition coefficient (Wildman–Crippen LogP) is 2.60. The Hall–Kier alpha value is -3.41. The third-order valence-electron chi connectivity index (χ3n) is 4.35. The third-order valence-corrected chi connectivity index (χ3v) is 4.35. The van der Waals surface area contributed by atoms with Crippen LogP contribution in [-0.4, -0.2) is 52.3 Å². The second kappa shape index (κ2) is 8.31. The fraction of sp³-hybridized carbons (Fsp3) is 0.450. The van der Waals surface area contributed by atoms with Gasteiger partial charge in [-0.25, -0.2) is 4.79 Å². The molecule has 0 bridgehead atoms. The summed E-state index contributed by atoms with van der Waals surface area (Å²) in [6.45, 7) is 6.98. The summed E-state index contributed by atoms with van der Waals surface area (Å²) in [7, 11) is 0. The third kappa shape index (κ3) is 5.31. The van der Waals surface area contributed by atoms with E-state index in [2.05, 4.69) is 15.5 Å². The topological polar surface area (TPSA) is 121 Å². The standard InChI is InChI=1S/C20H23N5O4/c1-20(2,3)29-19(27)25-8-7-14(12-25)11-22-16(26)18-24-23-17(28-18)15-6-4-5-13(9-15)10-21/h4-6,9,14H,7-8,11-12H2,1-3H3,(H,22,26)/t14-/m1/s1. The van der Waals surface area contributed by atoms with Crippen molar-refractivity contribution in [2.24, 2.45) is 5.92 Å². The Morgan fingerprint density at radius 1 is 1.38 bits per heavy atom. The Labute approximate surface area is 168 Å². The summed E-state index contributed by atoms with van der Waals surface area (Å²) < 4.78 is 10.8. The van der Waals surface area contributed by atoms with Gasteiger partial charge in [-0.15, -0.1) is 10.2 Å². The number of likely N-dealkylation sites (tertiary alicyclic amines) is 1. The van der Waals surface area contributed by atoms with Crippen LogP contribution in [0.1, 0.15) is 43.4 Å². The van der Waals surface area contributed by atoms with Gasteiger partial charge in [0.15, 0.2) is 0 Å². The van der Waals surface area contributed by atoms with E-state index in [-0.39, 0.29) is 23.8 Å². The van der Waals surface area contributed by atoms with E-state index in [1.165, 1.54) is 0 Å². The van der Waals surface area contributed by atoms with Crippen LogP contribution in [0.25, 0.3) is 11.5 Å². The van der Waals surface area contributed by atoms with E-state index in [4.69, 9.17) is 14.4 Å². The average molecular weight is 397 g/mol. The Morgan fingerprint density at radius 2 is 2.17 bits per heavy atom. The van der Waals surface area contributed by atoms with Crippen LogP contribution in [0.4, 0.5) is 4.79 Å². The average Bonchev–Trinajstić information content (AvgIpc) is 3.34. The lowest BCUT2D eigenvalue weighted by atomic mass is 10.1. The second-order valence-electron chi connectivity index (χ2n) is 7.90. The lowest BCUT2D eigenvalue weighted by Crippen LogP contribution is -2.36. The van der Waals surface area contributed by atoms with E-state index in [9.17, 15) is 9.59 Å². The highest BCUT2D eigenvalue weighted by atomic mass is 16.6. The number of hydrogen-bond acceptors (Lipinski definition) is 7. The van der Waals surface area contributed by atoms with Crippen molar-refractivity contribution < 1.29 is 18.7 Å². The fourth-order valence-corrected chi connectivity index (χ4v) is 2.96. The lowest BCUT2D eigenvalue weighted by Gasteiger charge is -2.24. The predicted molar refractivity (Wildman–Crippen MR) is 103 cm³/mol. The summed E-state index contributed by atoms with van der Waals surface area (Å²) in [6.07, 6.45) is 0.433. The van der Waals surface area contributed by atoms with Gasteiger partial charge in [0.1, 0.15) is 5.60 Å². The van der Waals surface area contributed by atoms with Crippen molar-refractivity contribution in [3.8, 4) is 17.5 Å². The molecule has 9 heteroatoms. The summed E-state index contributed by atoms with van der Waals surface area (Å²) >= 11 is 0. The summed E-state index contributed by atoms with van der Waals surface area (Å²) in [5.41, 5.74) is 0.494. The maximum Gasteiger partial charge on any atom is 0.410 e. The van der Waals surface area contributed by atoms with E-state index in [1.807, 2.05) is 26.8 Å². The lowest BCUT2D eigenvalue weighted by molar-refractivity contribution is 0.0288. The number of aromatic nitrogens is 2. The fourth-order valence-electron chi connectivity index (χ4n) is 2.96. The molecule has 1 aliphatic rings. The highest BCUT2D eigenvalue weighted by Gasteiger charge is 2.30. The van der Waals surface area contributed by atoms with Gasteiger partial charge in [-0.1, -0.05) is 6.07 Å². The van der Waals surface area contributed by atoms with Gasteiger partial charge in [-0.05, 0) is 51.3 Å². The first-order chi connectivity index (χ1) is 13.7. The van der Waals surface area contributed by atoms with Crippen LogP contribution in [0.15, 0.2) is 28.7 Å². The zero-order chi connectivity index (χ0) is 21.0. The van der Waals surface area contributed by atoms with Crippen LogP contribution in [0.2, 0.25) is 0 Å². The number of benzene rings is 1. The Balaban J connectivity index is 1.52. The molecule has 29 heavy (non-hydrogen) atoms. The van der Waals surface area contributed by atoms with E-state index >= 15 is 0 Å². The monoisotopic (exact) mass is 397 g/mol. The van der Waals surface area contributed by atoms with Crippen molar-refractivity contribution in [3.05, 3.63) is 35.7 Å². The molecule has 9 nitrogen and oxygen atoms in total. The number of nitrogens with zero attached hydrogens (tertiary/aromatic N) is 4. The molecule has 1 N–H and O–H groups in total. The number of carbonyl (C=O) groups excluding carboxylic acids is 2. The van der Waals surface area contributed by atoms with Crippen LogP contribution in [0.3, 0.4) is 0 Å². The molecule has 0 radical (unpaired) electrons. The molecule has 0 unspecified atom stereocenters. The van der Waals surface area contributed by atoms with E-state index in [0.717, 1.165) is 6.42 Å². The van der Waals surface area contributed by atoms with Gasteiger partial charge >= 0.3 is 17.9 Å². The highest BCUT2D eigenvalue weighted by molar-refractivity contribution is 5.89. The van der Waals surface area contributed by atoms with Crippen molar-refractivity contribution in [1.29, 1.82) is 5.26 Å². The molecule has 0 saturated carbocycles. The van der Waals surface area contributed by atoms with E-state index in [1.54, 1.807) is 29.2 Å². The molecule has 1 atom stereocenters. The van der Waals surface area contributed by atoms with Crippen LogP contribution in [0.5, 0.6) is 0 Å². The maximum absolute atomic E-state index is 12.3. The maximum atomic E-state index is 12.3. The molecule has 0 spiro atoms. The molecule has 1 fully saturated rings. The van der Waals surface area contributed by atoms with Gasteiger partial charge in [0.25, 0.3) is 0 Å². The number of carbonyl (C=O) groups is 2. The Bertz CT molecular complexity index is 941. The molecule has 2 aromatic rings. The molecular weight excluding hydrogens is 374 g/mol. The molecular formula is C20H23N5O4. The minimum absolute atomic E-state index is 0.126. The summed E-state index contributed by atoms with van der Waals surface area (Å²) in [5, 5.41) is 19.4. The molecule has 1 aromatic carbocycles. The first-order valence-corrected chi connectivity index (χ1v) is 9.35. The van der Waals surface area contributed by atoms with Crippen molar-refractivity contribution in [2.75, 3.05) is 19.6 Å². The smallest absolute Gasteiger partial charge is 0.410 e. The van der Waals surface area contributed by atoms with Crippen LogP contribution in [-0.2, 0) is 4.74 Å². The van der Waals surface area contributed by atoms with Crippen molar-refractivity contribution >= 4 is 12.0 Å². The number of amides is 2. The van der Waals surface area contributed by atoms with Gasteiger partial charge in [-0.2, -0.15) is 5.26 Å². The molecule has 3 rings (SSSR count). The van der Waals surface area contributed by atoms with Crippen LogP contribution < -0.4 is 5.32 Å². The number of nitrogens with one attached hydrogen (secondary N) is 1. The first-order valence-electron chi connectivity index (χ1n) is 9.35. The largest absolute Gasteiger partial charge is 0.444 e. The zero-order valence-electron chi connectivity index (χ0n) is 16.6. The van der Waals surface area contributed by atoms with Gasteiger partial charge in [0, 0.05) is 25.2 Å². The zero-order valence-corrected chi connectivity index (χ0v) is 16.6. The van der Waals surface area contributed by atoms with Crippen LogP contribution in [0, 0.1) is 17.2 Å². The number of ether oxygens (including phenoxy) is 1. The van der Waals surface area contributed by atoms with E-state index in [0.29, 0.717) is 30.8 Å². The minimum atomic E-state index is -0.536. The second-order valence-corrected chi connectivity index (χ2v) is 7.90. The van der Waals surface area contributed by atoms with Gasteiger partial charge in [-0.3, -0.25) is 4.79 Å². The van der Waals surface area contributed by atoms with Gasteiger partial charge in [0.05, 0.1) is 11.6 Å². The quantitative estimate of drug-likeness (QED) is 0.841. The molecule has 1 aliphatic heterocycles. The number of hydrogen-bond donors (Lipinski definition) is 1. The SMILES string of the molecule is CC(C)(C)OC(=O)N1CC[C@H](CNC(=O)c2nnc(-c3cccc(C#N)c3)o2)C1. The van der Waals surface area contributed by atoms with Crippen molar-refractivity contribution in [1.82, 2.24) is 20.4 Å². The van der Waals surface area contributed by atoms with Crippen molar-refractivity contribution in [3.63, 3.8) is 0 Å². The molecule has 2 amide bonds. The minimum Gasteiger partial charge on any atom is -0.444 e. The van der Waals surface area contributed by atoms with Crippen molar-refractivity contribution in [2.45, 2.75) is 32.8 Å². The van der Waals surface area contributed by atoms with Gasteiger partial charge < -0.3 is 19.4 Å². The summed E-state index contributed by atoms with van der Waals surface area (Å²) in [4.78, 5) is 26.1. The molecule has 1 saturated heterocycles. The Kier molecular flexibility index (Phi) is 5.82. The summed E-state index contributed by atoms with van der Waals surface area (Å²) in [6, 6.07) is 8.73. The Morgan fingerprint density at radius 3 is 2.90 bits per heavy atom. The van der Waals surface area contributed by atoms with E-state index < -0.39 is 11.5 Å². The normalized spacial score (nSPS) is 16.3. The first kappa shape index (κ1) is 20.3. The molecule has 0 aliphatic carbocycles. The molecule has 2 heterocycles. The number of rotatable bonds is 4. The summed E-state index contributed by atoms with van der Waals surface area (Å²) in [5.74, 6) is -0.328. The highest BCUT2D eigenvalue weighted by Crippen LogP contribution is 2.20. The number of nitriles is 1.